The van der Waals surface area contributed by atoms with E-state index in [-0.39, 0.29) is 5.54 Å². The van der Waals surface area contributed by atoms with Crippen molar-refractivity contribution in [2.45, 2.75) is 46.1 Å². The van der Waals surface area contributed by atoms with Gasteiger partial charge in [0, 0.05) is 25.3 Å². The highest BCUT2D eigenvalue weighted by Crippen LogP contribution is 2.22. The van der Waals surface area contributed by atoms with E-state index < -0.39 is 10.2 Å². The average molecular weight is 344 g/mol. The number of halogens is 1. The summed E-state index contributed by atoms with van der Waals surface area (Å²) < 4.78 is 41.9. The Morgan fingerprint density at radius 2 is 1.48 bits per heavy atom. The van der Waals surface area contributed by atoms with Gasteiger partial charge < -0.3 is 0 Å². The molecule has 0 fully saturated rings. The smallest absolute Gasteiger partial charge is 0.221 e. The van der Waals surface area contributed by atoms with Crippen LogP contribution in [0.15, 0.2) is 41.1 Å². The van der Waals surface area contributed by atoms with Crippen molar-refractivity contribution >= 4 is 0 Å². The quantitative estimate of drug-likeness (QED) is 0.683. The summed E-state index contributed by atoms with van der Waals surface area (Å²) in [5.41, 5.74) is 2.47. The van der Waals surface area contributed by atoms with Gasteiger partial charge in [-0.05, 0) is 11.7 Å². The monoisotopic (exact) mass is 343 g/mol. The highest BCUT2D eigenvalue weighted by atomic mass is 35.7. The summed E-state index contributed by atoms with van der Waals surface area (Å²) in [6, 6.07) is 10.5. The molecule has 0 amide bonds. The number of hydrogen-bond donors (Lipinski definition) is 0. The summed E-state index contributed by atoms with van der Waals surface area (Å²) in [4.78, 5) is 0. The predicted octanol–water partition coefficient (Wildman–Crippen LogP) is -0.678. The molecular weight excluding hydrogens is 322 g/mol. The molecule has 23 heavy (non-hydrogen) atoms. The molecule has 2 rings (SSSR count). The Hall–Kier alpha value is -1.44. The molecule has 2 aromatic rings. The van der Waals surface area contributed by atoms with Crippen LogP contribution in [0.1, 0.15) is 39.2 Å². The van der Waals surface area contributed by atoms with Crippen LogP contribution in [0.2, 0.25) is 0 Å². The first kappa shape index (κ1) is 19.6. The topological polar surface area (TPSA) is 109 Å². The molecule has 0 N–H and O–H groups in total. The molecule has 1 heterocycles. The fourth-order valence-corrected chi connectivity index (χ4v) is 2.02. The molecule has 0 aliphatic rings. The molecule has 0 radical (unpaired) electrons. The van der Waals surface area contributed by atoms with E-state index in [4.69, 9.17) is 23.2 Å². The highest BCUT2D eigenvalue weighted by molar-refractivity contribution is 5.56. The van der Waals surface area contributed by atoms with Crippen molar-refractivity contribution in [2.75, 3.05) is 0 Å². The van der Waals surface area contributed by atoms with E-state index >= 15 is 0 Å². The molecule has 1 aromatic heterocycles. The van der Waals surface area contributed by atoms with Crippen LogP contribution in [0.3, 0.4) is 0 Å². The van der Waals surface area contributed by atoms with Crippen LogP contribution in [0, 0.1) is 17.2 Å². The third-order valence-corrected chi connectivity index (χ3v) is 3.95. The summed E-state index contributed by atoms with van der Waals surface area (Å²) in [6.07, 6.45) is 4.17. The Labute approximate surface area is 138 Å². The zero-order valence-corrected chi connectivity index (χ0v) is 14.5. The van der Waals surface area contributed by atoms with E-state index in [0.717, 1.165) is 24.2 Å². The summed E-state index contributed by atoms with van der Waals surface area (Å²) >= 11 is 0. The zero-order valence-electron chi connectivity index (χ0n) is 13.7. The van der Waals surface area contributed by atoms with Crippen LogP contribution < -0.4 is 23.4 Å². The van der Waals surface area contributed by atoms with Gasteiger partial charge in [-0.25, -0.2) is 23.2 Å². The maximum atomic E-state index is 8.49. The number of rotatable bonds is 4. The first-order chi connectivity index (χ1) is 10.6. The third kappa shape index (κ3) is 6.29. The minimum absolute atomic E-state index is 0.0724. The van der Waals surface area contributed by atoms with Gasteiger partial charge in [-0.15, -0.1) is 10.2 Å². The Morgan fingerprint density at radius 3 is 1.91 bits per heavy atom. The van der Waals surface area contributed by atoms with Gasteiger partial charge >= 0.3 is 0 Å². The fourth-order valence-electron chi connectivity index (χ4n) is 2.02. The molecule has 6 nitrogen and oxygen atoms in total. The average Bonchev–Trinajstić information content (AvgIpc) is 2.96. The first-order valence-electron chi connectivity index (χ1n) is 7.30. The van der Waals surface area contributed by atoms with Crippen molar-refractivity contribution in [2.24, 2.45) is 0 Å². The van der Waals surface area contributed by atoms with Crippen molar-refractivity contribution in [3.05, 3.63) is 42.1 Å². The SMILES string of the molecule is CCC(C)(CC)[n+]1ccc(-c2ccc(C)cc2)o1.[O-][Cl+3]([O-])([O-])[O-]. The van der Waals surface area contributed by atoms with Crippen LogP contribution in [0.5, 0.6) is 0 Å². The molecule has 0 atom stereocenters. The predicted molar refractivity (Wildman–Crippen MR) is 73.3 cm³/mol. The van der Waals surface area contributed by atoms with Gasteiger partial charge in [0.25, 0.3) is 0 Å². The van der Waals surface area contributed by atoms with Gasteiger partial charge in [0.05, 0.1) is 6.07 Å². The zero-order chi connectivity index (χ0) is 17.7. The molecule has 0 saturated carbocycles. The minimum Gasteiger partial charge on any atom is -0.236 e. The molecule has 1 aromatic carbocycles. The lowest BCUT2D eigenvalue weighted by atomic mass is 9.96. The number of nitrogens with zero attached hydrogens (tertiary/aromatic N) is 1. The lowest BCUT2D eigenvalue weighted by Gasteiger charge is -2.17. The number of hydrogen-bond acceptors (Lipinski definition) is 5. The van der Waals surface area contributed by atoms with Crippen LogP contribution in [0.4, 0.5) is 0 Å². The molecule has 0 aliphatic heterocycles. The van der Waals surface area contributed by atoms with Gasteiger partial charge in [-0.1, -0.05) is 43.7 Å². The van der Waals surface area contributed by atoms with Gasteiger partial charge in [-0.3, -0.25) is 0 Å². The molecule has 0 bridgehead atoms. The summed E-state index contributed by atoms with van der Waals surface area (Å²) in [7, 11) is -4.94. The van der Waals surface area contributed by atoms with Crippen molar-refractivity contribution in [1.29, 1.82) is 0 Å². The maximum Gasteiger partial charge on any atom is 0.221 e. The van der Waals surface area contributed by atoms with Gasteiger partial charge in [0.2, 0.25) is 17.5 Å². The lowest BCUT2D eigenvalue weighted by molar-refractivity contribution is -2.00. The van der Waals surface area contributed by atoms with Crippen molar-refractivity contribution in [3.8, 4) is 11.3 Å². The van der Waals surface area contributed by atoms with Crippen molar-refractivity contribution in [1.82, 2.24) is 0 Å². The molecule has 0 aliphatic carbocycles. The van der Waals surface area contributed by atoms with Gasteiger partial charge in [0.15, 0.2) is 0 Å². The number of benzene rings is 1. The van der Waals surface area contributed by atoms with Gasteiger partial charge in [0.1, 0.15) is 0 Å². The van der Waals surface area contributed by atoms with E-state index in [1.165, 1.54) is 5.56 Å². The lowest BCUT2D eigenvalue weighted by Crippen LogP contribution is -2.68. The Kier molecular flexibility index (Phi) is 6.73. The molecular formula is C16H22ClNO5. The third-order valence-electron chi connectivity index (χ3n) is 3.95. The van der Waals surface area contributed by atoms with Gasteiger partial charge in [-0.2, -0.15) is 0 Å². The van der Waals surface area contributed by atoms with E-state index in [9.17, 15) is 0 Å². The summed E-state index contributed by atoms with van der Waals surface area (Å²) in [5.74, 6) is 0.933. The summed E-state index contributed by atoms with van der Waals surface area (Å²) in [5, 5.41) is 0. The number of aromatic nitrogens is 1. The van der Waals surface area contributed by atoms with E-state index in [0.29, 0.717) is 0 Å². The second kappa shape index (κ2) is 7.90. The fraction of sp³-hybridized carbons (Fsp3) is 0.438. The van der Waals surface area contributed by atoms with Crippen LogP contribution >= 0.6 is 0 Å². The second-order valence-electron chi connectivity index (χ2n) is 5.55. The van der Waals surface area contributed by atoms with Crippen LogP contribution in [-0.4, -0.2) is 0 Å². The Bertz CT molecular complexity index is 594. The minimum atomic E-state index is -4.94. The normalized spacial score (nSPS) is 11.8. The van der Waals surface area contributed by atoms with Crippen LogP contribution in [-0.2, 0) is 5.54 Å². The molecule has 128 valence electrons. The Morgan fingerprint density at radius 1 is 1.00 bits per heavy atom. The molecule has 0 saturated heterocycles. The van der Waals surface area contributed by atoms with E-state index in [1.54, 1.807) is 0 Å². The highest BCUT2D eigenvalue weighted by Gasteiger charge is 2.34. The second-order valence-corrected chi connectivity index (χ2v) is 6.30. The first-order valence-corrected chi connectivity index (χ1v) is 8.53. The molecule has 0 spiro atoms. The van der Waals surface area contributed by atoms with Crippen molar-refractivity contribution in [3.63, 3.8) is 0 Å². The Balaban J connectivity index is 0.000000463. The molecule has 0 unspecified atom stereocenters. The van der Waals surface area contributed by atoms with E-state index in [1.807, 2.05) is 17.0 Å². The number of aryl methyl sites for hydroxylation is 1. The van der Waals surface area contributed by atoms with Crippen LogP contribution in [0.25, 0.3) is 11.3 Å². The largest absolute Gasteiger partial charge is 0.236 e. The summed E-state index contributed by atoms with van der Waals surface area (Å²) in [6.45, 7) is 8.72. The standard InChI is InChI=1S/C16H22NO.ClHO4/c1-5-16(4,6-2)17-12-11-15(18-17)14-9-7-13(3)8-10-14;2-1(3,4)5/h7-12H,5-6H2,1-4H3;(H,2,3,4,5)/q+1;/p-1. The maximum absolute atomic E-state index is 8.49. The van der Waals surface area contributed by atoms with Crippen molar-refractivity contribution < 1.29 is 38.1 Å². The van der Waals surface area contributed by atoms with E-state index in [2.05, 4.69) is 52.0 Å². The molecule has 7 heteroatoms.